The molecular weight excluding hydrogens is 416 g/mol. The van der Waals surface area contributed by atoms with Crippen molar-refractivity contribution in [2.24, 2.45) is 7.05 Å². The fourth-order valence-electron chi connectivity index (χ4n) is 4.20. The van der Waals surface area contributed by atoms with Gasteiger partial charge in [-0.05, 0) is 29.7 Å². The fourth-order valence-corrected chi connectivity index (χ4v) is 4.20. The number of terminal acetylenes is 1. The molecular formula is C26H26N4O3. The number of nitrogens with one attached hydrogen (secondary N) is 1. The SMILES string of the molecule is C#CC(=O)N(c1cccc(-c2ccn(C)n2)c1)C1(C(=O)NCc2ccccc2)CCOCC1. The molecule has 1 aliphatic rings. The number of hydrogen-bond donors (Lipinski definition) is 1. The van der Waals surface area contributed by atoms with Gasteiger partial charge in [0.1, 0.15) is 5.54 Å². The van der Waals surface area contributed by atoms with Gasteiger partial charge in [-0.3, -0.25) is 19.2 Å². The second-order valence-corrected chi connectivity index (χ2v) is 8.02. The Hall–Kier alpha value is -3.89. The summed E-state index contributed by atoms with van der Waals surface area (Å²) in [4.78, 5) is 28.2. The van der Waals surface area contributed by atoms with Gasteiger partial charge in [0.2, 0.25) is 5.91 Å². The van der Waals surface area contributed by atoms with Gasteiger partial charge in [-0.25, -0.2) is 0 Å². The minimum atomic E-state index is -1.15. The zero-order chi connectivity index (χ0) is 23.3. The second kappa shape index (κ2) is 9.72. The highest BCUT2D eigenvalue weighted by Gasteiger charge is 2.48. The van der Waals surface area contributed by atoms with Gasteiger partial charge in [-0.15, -0.1) is 6.42 Å². The number of rotatable bonds is 6. The lowest BCUT2D eigenvalue weighted by atomic mass is 9.85. The molecule has 7 nitrogen and oxygen atoms in total. The first-order valence-corrected chi connectivity index (χ1v) is 10.8. The molecule has 0 atom stereocenters. The molecule has 0 bridgehead atoms. The largest absolute Gasteiger partial charge is 0.381 e. The Morgan fingerprint density at radius 3 is 2.58 bits per heavy atom. The zero-order valence-corrected chi connectivity index (χ0v) is 18.5. The maximum Gasteiger partial charge on any atom is 0.303 e. The third-order valence-corrected chi connectivity index (χ3v) is 5.91. The molecule has 0 saturated carbocycles. The summed E-state index contributed by atoms with van der Waals surface area (Å²) in [7, 11) is 1.84. The van der Waals surface area contributed by atoms with Crippen molar-refractivity contribution in [1.29, 1.82) is 0 Å². The topological polar surface area (TPSA) is 76.5 Å². The molecule has 0 aliphatic carbocycles. The summed E-state index contributed by atoms with van der Waals surface area (Å²) in [6.07, 6.45) is 8.11. The Kier molecular flexibility index (Phi) is 6.57. The van der Waals surface area contributed by atoms with Gasteiger partial charge < -0.3 is 10.1 Å². The summed E-state index contributed by atoms with van der Waals surface area (Å²) >= 11 is 0. The van der Waals surface area contributed by atoms with Crippen molar-refractivity contribution >= 4 is 17.5 Å². The van der Waals surface area contributed by atoms with Crippen LogP contribution in [-0.4, -0.2) is 40.3 Å². The second-order valence-electron chi connectivity index (χ2n) is 8.02. The predicted octanol–water partition coefficient (Wildman–Crippen LogP) is 2.92. The molecule has 7 heteroatoms. The molecule has 168 valence electrons. The molecule has 0 spiro atoms. The summed E-state index contributed by atoms with van der Waals surface area (Å²) < 4.78 is 7.26. The van der Waals surface area contributed by atoms with E-state index in [0.29, 0.717) is 38.3 Å². The van der Waals surface area contributed by atoms with Crippen LogP contribution < -0.4 is 10.2 Å². The first kappa shape index (κ1) is 22.3. The van der Waals surface area contributed by atoms with E-state index in [0.717, 1.165) is 16.8 Å². The van der Waals surface area contributed by atoms with Crippen LogP contribution in [0.3, 0.4) is 0 Å². The molecule has 0 unspecified atom stereocenters. The lowest BCUT2D eigenvalue weighted by molar-refractivity contribution is -0.133. The number of carbonyl (C=O) groups is 2. The molecule has 1 N–H and O–H groups in total. The zero-order valence-electron chi connectivity index (χ0n) is 18.5. The number of anilines is 1. The van der Waals surface area contributed by atoms with Crippen molar-refractivity contribution in [3.05, 3.63) is 72.4 Å². The van der Waals surface area contributed by atoms with Gasteiger partial charge in [0.05, 0.1) is 5.69 Å². The minimum absolute atomic E-state index is 0.249. The van der Waals surface area contributed by atoms with Crippen LogP contribution in [0.2, 0.25) is 0 Å². The molecule has 2 aromatic carbocycles. The van der Waals surface area contributed by atoms with Gasteiger partial charge in [0, 0.05) is 57.1 Å². The highest BCUT2D eigenvalue weighted by molar-refractivity contribution is 6.11. The van der Waals surface area contributed by atoms with Crippen LogP contribution in [0.15, 0.2) is 66.9 Å². The molecule has 1 saturated heterocycles. The number of carbonyl (C=O) groups excluding carboxylic acids is 2. The van der Waals surface area contributed by atoms with Crippen molar-refractivity contribution < 1.29 is 14.3 Å². The van der Waals surface area contributed by atoms with Gasteiger partial charge in [-0.1, -0.05) is 42.5 Å². The molecule has 2 heterocycles. The van der Waals surface area contributed by atoms with E-state index in [4.69, 9.17) is 11.2 Å². The average molecular weight is 443 g/mol. The Balaban J connectivity index is 1.72. The third kappa shape index (κ3) is 4.66. The van der Waals surface area contributed by atoms with E-state index in [9.17, 15) is 9.59 Å². The highest BCUT2D eigenvalue weighted by atomic mass is 16.5. The van der Waals surface area contributed by atoms with Gasteiger partial charge >= 0.3 is 5.91 Å². The number of ether oxygens (including phenoxy) is 1. The van der Waals surface area contributed by atoms with E-state index in [2.05, 4.69) is 16.3 Å². The first-order chi connectivity index (χ1) is 16.0. The van der Waals surface area contributed by atoms with Crippen LogP contribution in [0.5, 0.6) is 0 Å². The van der Waals surface area contributed by atoms with Gasteiger partial charge in [0.25, 0.3) is 0 Å². The number of aromatic nitrogens is 2. The molecule has 33 heavy (non-hydrogen) atoms. The maximum absolute atomic E-state index is 13.6. The van der Waals surface area contributed by atoms with E-state index in [-0.39, 0.29) is 5.91 Å². The van der Waals surface area contributed by atoms with E-state index in [1.165, 1.54) is 4.90 Å². The van der Waals surface area contributed by atoms with E-state index in [1.807, 2.05) is 67.8 Å². The number of aryl methyl sites for hydroxylation is 1. The Labute approximate surface area is 193 Å². The molecule has 3 aromatic rings. The van der Waals surface area contributed by atoms with Crippen molar-refractivity contribution in [3.8, 4) is 23.6 Å². The Morgan fingerprint density at radius 2 is 1.91 bits per heavy atom. The molecule has 4 rings (SSSR count). The Bertz CT molecular complexity index is 1170. The van der Waals surface area contributed by atoms with Crippen molar-refractivity contribution in [1.82, 2.24) is 15.1 Å². The van der Waals surface area contributed by atoms with Crippen LogP contribution in [-0.2, 0) is 27.9 Å². The molecule has 2 amide bonds. The van der Waals surface area contributed by atoms with Gasteiger partial charge in [0.15, 0.2) is 0 Å². The molecule has 1 aliphatic heterocycles. The summed E-state index contributed by atoms with van der Waals surface area (Å²) in [6.45, 7) is 1.06. The maximum atomic E-state index is 13.6. The van der Waals surface area contributed by atoms with Crippen LogP contribution >= 0.6 is 0 Å². The van der Waals surface area contributed by atoms with Gasteiger partial charge in [-0.2, -0.15) is 5.10 Å². The number of benzene rings is 2. The van der Waals surface area contributed by atoms with Crippen molar-refractivity contribution in [2.75, 3.05) is 18.1 Å². The van der Waals surface area contributed by atoms with E-state index < -0.39 is 11.4 Å². The predicted molar refractivity (Wildman–Crippen MR) is 126 cm³/mol. The van der Waals surface area contributed by atoms with Crippen LogP contribution in [0.25, 0.3) is 11.3 Å². The number of nitrogens with zero attached hydrogens (tertiary/aromatic N) is 3. The first-order valence-electron chi connectivity index (χ1n) is 10.8. The lowest BCUT2D eigenvalue weighted by Gasteiger charge is -2.44. The average Bonchev–Trinajstić information content (AvgIpc) is 3.30. The van der Waals surface area contributed by atoms with Crippen LogP contribution in [0, 0.1) is 12.3 Å². The van der Waals surface area contributed by atoms with E-state index in [1.54, 1.807) is 10.7 Å². The van der Waals surface area contributed by atoms with Crippen LogP contribution in [0.4, 0.5) is 5.69 Å². The fraction of sp³-hybridized carbons (Fsp3) is 0.269. The smallest absolute Gasteiger partial charge is 0.303 e. The highest BCUT2D eigenvalue weighted by Crippen LogP contribution is 2.35. The number of amides is 2. The standard InChI is InChI=1S/C26H26N4O3/c1-3-24(31)30(22-11-7-10-21(18-22)23-12-15-29(2)28-23)26(13-16-33-17-14-26)25(32)27-19-20-8-5-4-6-9-20/h1,4-12,15,18H,13-14,16-17,19H2,2H3,(H,27,32). The molecule has 1 fully saturated rings. The number of hydrogen-bond acceptors (Lipinski definition) is 4. The Morgan fingerprint density at radius 1 is 1.15 bits per heavy atom. The normalized spacial score (nSPS) is 14.8. The summed E-state index contributed by atoms with van der Waals surface area (Å²) in [5.74, 6) is 1.41. The molecule has 0 radical (unpaired) electrons. The van der Waals surface area contributed by atoms with Crippen molar-refractivity contribution in [3.63, 3.8) is 0 Å². The lowest BCUT2D eigenvalue weighted by Crippen LogP contribution is -2.63. The van der Waals surface area contributed by atoms with Crippen molar-refractivity contribution in [2.45, 2.75) is 24.9 Å². The molecule has 1 aromatic heterocycles. The van der Waals surface area contributed by atoms with Crippen LogP contribution in [0.1, 0.15) is 18.4 Å². The monoisotopic (exact) mass is 442 g/mol. The summed E-state index contributed by atoms with van der Waals surface area (Å²) in [6, 6.07) is 18.9. The minimum Gasteiger partial charge on any atom is -0.381 e. The quantitative estimate of drug-likeness (QED) is 0.596. The third-order valence-electron chi connectivity index (χ3n) is 5.91. The summed E-state index contributed by atoms with van der Waals surface area (Å²) in [5, 5.41) is 7.46. The summed E-state index contributed by atoms with van der Waals surface area (Å²) in [5.41, 5.74) is 1.97. The van der Waals surface area contributed by atoms with E-state index >= 15 is 0 Å².